The fourth-order valence-corrected chi connectivity index (χ4v) is 3.26. The van der Waals surface area contributed by atoms with Crippen LogP contribution in [0.2, 0.25) is 0 Å². The molecule has 0 saturated heterocycles. The molecular formula is C16H22FNO. The summed E-state index contributed by atoms with van der Waals surface area (Å²) in [6.07, 6.45) is 6.82. The maximum absolute atomic E-state index is 13.0. The lowest BCUT2D eigenvalue weighted by atomic mass is 9.68. The Hall–Kier alpha value is -0.930. The predicted molar refractivity (Wildman–Crippen MR) is 73.6 cm³/mol. The van der Waals surface area contributed by atoms with Crippen LogP contribution in [-0.4, -0.2) is 23.8 Å². The standard InChI is InChI=1S/C16H22FNO/c17-13-3-1-12(2-4-13)16(11-19)9-7-15(8-10-16)18-14-5-6-14/h1-4,14-15,18-19H,5-11H2. The van der Waals surface area contributed by atoms with Crippen molar-refractivity contribution in [3.05, 3.63) is 35.6 Å². The highest BCUT2D eigenvalue weighted by Gasteiger charge is 2.37. The minimum absolute atomic E-state index is 0.157. The van der Waals surface area contributed by atoms with Gasteiger partial charge in [-0.1, -0.05) is 12.1 Å². The molecule has 2 aliphatic rings. The molecule has 0 radical (unpaired) electrons. The summed E-state index contributed by atoms with van der Waals surface area (Å²) >= 11 is 0. The molecule has 2 nitrogen and oxygen atoms in total. The molecular weight excluding hydrogens is 241 g/mol. The molecule has 2 saturated carbocycles. The number of benzene rings is 1. The second-order valence-corrected chi connectivity index (χ2v) is 6.16. The minimum atomic E-state index is -0.207. The summed E-state index contributed by atoms with van der Waals surface area (Å²) < 4.78 is 13.0. The van der Waals surface area contributed by atoms with E-state index in [1.807, 2.05) is 12.1 Å². The number of aliphatic hydroxyl groups excluding tert-OH is 1. The molecule has 2 fully saturated rings. The van der Waals surface area contributed by atoms with Crippen LogP contribution in [0.3, 0.4) is 0 Å². The van der Waals surface area contributed by atoms with Crippen LogP contribution >= 0.6 is 0 Å². The van der Waals surface area contributed by atoms with E-state index in [4.69, 9.17) is 0 Å². The first-order valence-corrected chi connectivity index (χ1v) is 7.35. The van der Waals surface area contributed by atoms with Gasteiger partial charge in [0.05, 0.1) is 6.61 Å². The molecule has 0 unspecified atom stereocenters. The Kier molecular flexibility index (Phi) is 3.59. The topological polar surface area (TPSA) is 32.3 Å². The molecule has 19 heavy (non-hydrogen) atoms. The number of hydrogen-bond acceptors (Lipinski definition) is 2. The van der Waals surface area contributed by atoms with Crippen molar-refractivity contribution in [3.8, 4) is 0 Å². The first kappa shape index (κ1) is 13.1. The van der Waals surface area contributed by atoms with Crippen LogP contribution in [0.1, 0.15) is 44.1 Å². The molecule has 2 N–H and O–H groups in total. The van der Waals surface area contributed by atoms with E-state index in [2.05, 4.69) is 5.32 Å². The fourth-order valence-electron chi connectivity index (χ4n) is 3.26. The lowest BCUT2D eigenvalue weighted by Crippen LogP contribution is -2.42. The fraction of sp³-hybridized carbons (Fsp3) is 0.625. The zero-order chi connectivity index (χ0) is 13.3. The van der Waals surface area contributed by atoms with Gasteiger partial charge in [-0.2, -0.15) is 0 Å². The van der Waals surface area contributed by atoms with E-state index in [1.165, 1.54) is 25.0 Å². The van der Waals surface area contributed by atoms with Gasteiger partial charge in [0.2, 0.25) is 0 Å². The van der Waals surface area contributed by atoms with Gasteiger partial charge in [-0.25, -0.2) is 4.39 Å². The van der Waals surface area contributed by atoms with Crippen molar-refractivity contribution in [3.63, 3.8) is 0 Å². The maximum Gasteiger partial charge on any atom is 0.123 e. The monoisotopic (exact) mass is 263 g/mol. The van der Waals surface area contributed by atoms with E-state index in [9.17, 15) is 9.50 Å². The van der Waals surface area contributed by atoms with Gasteiger partial charge in [0.25, 0.3) is 0 Å². The average molecular weight is 263 g/mol. The zero-order valence-corrected chi connectivity index (χ0v) is 11.2. The summed E-state index contributed by atoms with van der Waals surface area (Å²) in [6.45, 7) is 0.161. The molecule has 0 amide bonds. The zero-order valence-electron chi connectivity index (χ0n) is 11.2. The Morgan fingerprint density at radius 2 is 1.63 bits per heavy atom. The molecule has 0 aliphatic heterocycles. The van der Waals surface area contributed by atoms with Crippen molar-refractivity contribution in [2.75, 3.05) is 6.61 Å². The highest BCUT2D eigenvalue weighted by molar-refractivity contribution is 5.27. The second kappa shape index (κ2) is 5.22. The van der Waals surface area contributed by atoms with E-state index in [0.29, 0.717) is 6.04 Å². The van der Waals surface area contributed by atoms with Crippen molar-refractivity contribution in [1.82, 2.24) is 5.32 Å². The number of nitrogens with one attached hydrogen (secondary N) is 1. The van der Waals surface area contributed by atoms with Crippen LogP contribution in [0.4, 0.5) is 4.39 Å². The van der Waals surface area contributed by atoms with E-state index in [1.54, 1.807) is 0 Å². The highest BCUT2D eigenvalue weighted by Crippen LogP contribution is 2.39. The summed E-state index contributed by atoms with van der Waals surface area (Å²) in [7, 11) is 0. The first-order chi connectivity index (χ1) is 9.22. The molecule has 3 heteroatoms. The molecule has 2 aliphatic carbocycles. The lowest BCUT2D eigenvalue weighted by molar-refractivity contribution is 0.138. The molecule has 0 spiro atoms. The van der Waals surface area contributed by atoms with Crippen molar-refractivity contribution >= 4 is 0 Å². The van der Waals surface area contributed by atoms with Crippen LogP contribution in [0.25, 0.3) is 0 Å². The van der Waals surface area contributed by atoms with Gasteiger partial charge in [-0.15, -0.1) is 0 Å². The predicted octanol–water partition coefficient (Wildman–Crippen LogP) is 2.75. The Morgan fingerprint density at radius 3 is 2.16 bits per heavy atom. The summed E-state index contributed by atoms with van der Waals surface area (Å²) in [5.74, 6) is -0.207. The molecule has 3 rings (SSSR count). The van der Waals surface area contributed by atoms with E-state index < -0.39 is 0 Å². The van der Waals surface area contributed by atoms with Crippen LogP contribution in [0, 0.1) is 5.82 Å². The number of hydrogen-bond donors (Lipinski definition) is 2. The number of aliphatic hydroxyl groups is 1. The molecule has 0 heterocycles. The summed E-state index contributed by atoms with van der Waals surface area (Å²) in [4.78, 5) is 0. The molecule has 1 aromatic rings. The van der Waals surface area contributed by atoms with Gasteiger partial charge >= 0.3 is 0 Å². The smallest absolute Gasteiger partial charge is 0.123 e. The lowest BCUT2D eigenvalue weighted by Gasteiger charge is -2.39. The van der Waals surface area contributed by atoms with Gasteiger partial charge < -0.3 is 10.4 Å². The van der Waals surface area contributed by atoms with Gasteiger partial charge in [-0.05, 0) is 56.2 Å². The molecule has 0 aromatic heterocycles. The van der Waals surface area contributed by atoms with Crippen LogP contribution in [0.15, 0.2) is 24.3 Å². The van der Waals surface area contributed by atoms with Crippen LogP contribution < -0.4 is 5.32 Å². The maximum atomic E-state index is 13.0. The SMILES string of the molecule is OCC1(c2ccc(F)cc2)CCC(NC2CC2)CC1. The van der Waals surface area contributed by atoms with Gasteiger partial charge in [0, 0.05) is 17.5 Å². The third-order valence-corrected chi connectivity index (χ3v) is 4.75. The summed E-state index contributed by atoms with van der Waals surface area (Å²) in [6, 6.07) is 8.02. The third kappa shape index (κ3) is 2.82. The van der Waals surface area contributed by atoms with Gasteiger partial charge in [-0.3, -0.25) is 0 Å². The van der Waals surface area contributed by atoms with Crippen molar-refractivity contribution in [1.29, 1.82) is 0 Å². The number of halogens is 1. The summed E-state index contributed by atoms with van der Waals surface area (Å²) in [5.41, 5.74) is 0.927. The Bertz CT molecular complexity index is 419. The minimum Gasteiger partial charge on any atom is -0.395 e. The van der Waals surface area contributed by atoms with Crippen molar-refractivity contribution in [2.24, 2.45) is 0 Å². The quantitative estimate of drug-likeness (QED) is 0.875. The molecule has 1 aromatic carbocycles. The van der Waals surface area contributed by atoms with E-state index in [0.717, 1.165) is 37.3 Å². The van der Waals surface area contributed by atoms with E-state index in [-0.39, 0.29) is 17.8 Å². The van der Waals surface area contributed by atoms with Crippen molar-refractivity contribution < 1.29 is 9.50 Å². The average Bonchev–Trinajstić information content (AvgIpc) is 3.25. The second-order valence-electron chi connectivity index (χ2n) is 6.16. The van der Waals surface area contributed by atoms with Gasteiger partial charge in [0.1, 0.15) is 5.82 Å². The van der Waals surface area contributed by atoms with Crippen molar-refractivity contribution in [2.45, 2.75) is 56.0 Å². The largest absolute Gasteiger partial charge is 0.395 e. The first-order valence-electron chi connectivity index (χ1n) is 7.35. The Balaban J connectivity index is 1.68. The third-order valence-electron chi connectivity index (χ3n) is 4.75. The Morgan fingerprint density at radius 1 is 1.05 bits per heavy atom. The van der Waals surface area contributed by atoms with E-state index >= 15 is 0 Å². The van der Waals surface area contributed by atoms with Crippen LogP contribution in [0.5, 0.6) is 0 Å². The molecule has 104 valence electrons. The summed E-state index contributed by atoms with van der Waals surface area (Å²) in [5, 5.41) is 13.5. The number of rotatable bonds is 4. The Labute approximate surface area is 114 Å². The molecule has 0 atom stereocenters. The van der Waals surface area contributed by atoms with Gasteiger partial charge in [0.15, 0.2) is 0 Å². The highest BCUT2D eigenvalue weighted by atomic mass is 19.1. The normalized spacial score (nSPS) is 31.4. The van der Waals surface area contributed by atoms with Crippen LogP contribution in [-0.2, 0) is 5.41 Å². The molecule has 0 bridgehead atoms.